The molecule has 3 rings (SSSR count). The highest BCUT2D eigenvalue weighted by Crippen LogP contribution is 2.40. The molecule has 2 aliphatic carbocycles. The summed E-state index contributed by atoms with van der Waals surface area (Å²) in [6, 6.07) is 0.891. The molecule has 3 fully saturated rings. The number of nitrogens with one attached hydrogen (secondary N) is 1. The van der Waals surface area contributed by atoms with Gasteiger partial charge in [0.2, 0.25) is 0 Å². The van der Waals surface area contributed by atoms with Crippen LogP contribution in [0.25, 0.3) is 0 Å². The van der Waals surface area contributed by atoms with E-state index in [1.165, 1.54) is 64.5 Å². The number of fused-ring (bicyclic) bond motifs is 1. The summed E-state index contributed by atoms with van der Waals surface area (Å²) in [6.45, 7) is 6.05. The SMILES string of the molecule is CCNC1(CO)CCCC1CCN1CCCC2CCCC21. The van der Waals surface area contributed by atoms with Crippen molar-refractivity contribution in [3.63, 3.8) is 0 Å². The van der Waals surface area contributed by atoms with Gasteiger partial charge in [0.1, 0.15) is 0 Å². The third-order valence-electron chi connectivity index (χ3n) is 6.64. The summed E-state index contributed by atoms with van der Waals surface area (Å²) in [4.78, 5) is 2.80. The van der Waals surface area contributed by atoms with E-state index in [0.29, 0.717) is 12.5 Å². The first-order valence-electron chi connectivity index (χ1n) is 9.39. The van der Waals surface area contributed by atoms with Crippen LogP contribution < -0.4 is 5.32 Å². The fraction of sp³-hybridized carbons (Fsp3) is 1.00. The van der Waals surface area contributed by atoms with E-state index < -0.39 is 0 Å². The predicted molar refractivity (Wildman–Crippen MR) is 87.4 cm³/mol. The lowest BCUT2D eigenvalue weighted by atomic mass is 9.84. The molecular weight excluding hydrogens is 260 g/mol. The van der Waals surface area contributed by atoms with Crippen LogP contribution >= 0.6 is 0 Å². The van der Waals surface area contributed by atoms with Crippen LogP contribution in [0.15, 0.2) is 0 Å². The Bertz CT molecular complexity index is 335. The second-order valence-electron chi connectivity index (χ2n) is 7.66. The highest BCUT2D eigenvalue weighted by atomic mass is 16.3. The maximum absolute atomic E-state index is 9.93. The minimum atomic E-state index is 0.0274. The van der Waals surface area contributed by atoms with Crippen LogP contribution in [-0.4, -0.2) is 47.8 Å². The maximum atomic E-state index is 9.93. The lowest BCUT2D eigenvalue weighted by molar-refractivity contribution is 0.0815. The molecule has 0 spiro atoms. The number of nitrogens with zero attached hydrogens (tertiary/aromatic N) is 1. The summed E-state index contributed by atoms with van der Waals surface area (Å²) in [5.41, 5.74) is 0.0274. The summed E-state index contributed by atoms with van der Waals surface area (Å²) in [7, 11) is 0. The number of hydrogen-bond acceptors (Lipinski definition) is 3. The van der Waals surface area contributed by atoms with Gasteiger partial charge in [0.15, 0.2) is 0 Å². The van der Waals surface area contributed by atoms with Gasteiger partial charge >= 0.3 is 0 Å². The summed E-state index contributed by atoms with van der Waals surface area (Å²) >= 11 is 0. The molecule has 0 radical (unpaired) electrons. The van der Waals surface area contributed by atoms with Gasteiger partial charge in [0.25, 0.3) is 0 Å². The monoisotopic (exact) mass is 294 g/mol. The lowest BCUT2D eigenvalue weighted by Crippen LogP contribution is -2.52. The topological polar surface area (TPSA) is 35.5 Å². The van der Waals surface area contributed by atoms with Gasteiger partial charge in [-0.3, -0.25) is 0 Å². The number of likely N-dealkylation sites (tertiary alicyclic amines) is 1. The zero-order chi connectivity index (χ0) is 14.7. The van der Waals surface area contributed by atoms with Gasteiger partial charge < -0.3 is 15.3 Å². The molecule has 1 heterocycles. The first kappa shape index (κ1) is 15.8. The molecule has 3 heteroatoms. The molecule has 1 saturated heterocycles. The van der Waals surface area contributed by atoms with Gasteiger partial charge in [-0.1, -0.05) is 19.8 Å². The molecule has 3 nitrogen and oxygen atoms in total. The molecule has 2 saturated carbocycles. The number of hydrogen-bond donors (Lipinski definition) is 2. The van der Waals surface area contributed by atoms with E-state index in [4.69, 9.17) is 0 Å². The molecular formula is C18H34N2O. The van der Waals surface area contributed by atoms with E-state index in [-0.39, 0.29) is 5.54 Å². The normalized spacial score (nSPS) is 40.6. The number of piperidine rings is 1. The zero-order valence-corrected chi connectivity index (χ0v) is 13.8. The third kappa shape index (κ3) is 3.16. The molecule has 0 amide bonds. The van der Waals surface area contributed by atoms with E-state index in [0.717, 1.165) is 24.9 Å². The van der Waals surface area contributed by atoms with Crippen molar-refractivity contribution in [2.24, 2.45) is 11.8 Å². The molecule has 4 atom stereocenters. The Morgan fingerprint density at radius 2 is 2.00 bits per heavy atom. The number of likely N-dealkylation sites (N-methyl/N-ethyl adjacent to an activating group) is 1. The summed E-state index contributed by atoms with van der Waals surface area (Å²) < 4.78 is 0. The van der Waals surface area contributed by atoms with Crippen LogP contribution in [0.1, 0.15) is 64.7 Å². The van der Waals surface area contributed by atoms with Gasteiger partial charge in [0.05, 0.1) is 6.61 Å². The van der Waals surface area contributed by atoms with Gasteiger partial charge in [0, 0.05) is 11.6 Å². The van der Waals surface area contributed by atoms with Gasteiger partial charge in [-0.05, 0) is 76.4 Å². The van der Waals surface area contributed by atoms with Crippen molar-refractivity contribution in [3.8, 4) is 0 Å². The highest BCUT2D eigenvalue weighted by molar-refractivity contribution is 4.99. The molecule has 0 aromatic carbocycles. The third-order valence-corrected chi connectivity index (χ3v) is 6.64. The number of aliphatic hydroxyl groups is 1. The molecule has 122 valence electrons. The maximum Gasteiger partial charge on any atom is 0.0616 e. The molecule has 4 unspecified atom stereocenters. The summed E-state index contributed by atoms with van der Waals surface area (Å²) in [5.74, 6) is 1.67. The van der Waals surface area contributed by atoms with Crippen molar-refractivity contribution in [3.05, 3.63) is 0 Å². The fourth-order valence-electron chi connectivity index (χ4n) is 5.57. The Morgan fingerprint density at radius 3 is 2.81 bits per heavy atom. The first-order chi connectivity index (χ1) is 10.3. The zero-order valence-electron chi connectivity index (χ0n) is 13.8. The second kappa shape index (κ2) is 6.97. The Morgan fingerprint density at radius 1 is 1.14 bits per heavy atom. The van der Waals surface area contributed by atoms with Gasteiger partial charge in [-0.2, -0.15) is 0 Å². The highest BCUT2D eigenvalue weighted by Gasteiger charge is 2.42. The van der Waals surface area contributed by atoms with Crippen LogP contribution in [0.4, 0.5) is 0 Å². The van der Waals surface area contributed by atoms with Crippen molar-refractivity contribution in [2.45, 2.75) is 76.3 Å². The molecule has 3 aliphatic rings. The molecule has 0 bridgehead atoms. The van der Waals surface area contributed by atoms with E-state index in [1.54, 1.807) is 0 Å². The van der Waals surface area contributed by atoms with Crippen molar-refractivity contribution in [1.82, 2.24) is 10.2 Å². The second-order valence-corrected chi connectivity index (χ2v) is 7.66. The summed E-state index contributed by atoms with van der Waals surface area (Å²) in [5, 5.41) is 13.6. The quantitative estimate of drug-likeness (QED) is 0.791. The first-order valence-corrected chi connectivity index (χ1v) is 9.39. The number of aliphatic hydroxyl groups excluding tert-OH is 1. The molecule has 1 aliphatic heterocycles. The van der Waals surface area contributed by atoms with E-state index in [9.17, 15) is 5.11 Å². The Hall–Kier alpha value is -0.120. The van der Waals surface area contributed by atoms with Crippen molar-refractivity contribution in [2.75, 3.05) is 26.2 Å². The fourth-order valence-corrected chi connectivity index (χ4v) is 5.57. The lowest BCUT2D eigenvalue weighted by Gasteiger charge is -2.40. The van der Waals surface area contributed by atoms with E-state index in [1.807, 2.05) is 0 Å². The van der Waals surface area contributed by atoms with Crippen LogP contribution in [0.3, 0.4) is 0 Å². The van der Waals surface area contributed by atoms with E-state index >= 15 is 0 Å². The van der Waals surface area contributed by atoms with Crippen molar-refractivity contribution in [1.29, 1.82) is 0 Å². The molecule has 0 aromatic heterocycles. The van der Waals surface area contributed by atoms with Crippen molar-refractivity contribution >= 4 is 0 Å². The van der Waals surface area contributed by atoms with Gasteiger partial charge in [-0.25, -0.2) is 0 Å². The molecule has 21 heavy (non-hydrogen) atoms. The van der Waals surface area contributed by atoms with Crippen LogP contribution in [0.5, 0.6) is 0 Å². The molecule has 2 N–H and O–H groups in total. The van der Waals surface area contributed by atoms with Crippen LogP contribution in [-0.2, 0) is 0 Å². The smallest absolute Gasteiger partial charge is 0.0616 e. The average molecular weight is 294 g/mol. The minimum Gasteiger partial charge on any atom is -0.394 e. The van der Waals surface area contributed by atoms with Gasteiger partial charge in [-0.15, -0.1) is 0 Å². The average Bonchev–Trinajstić information content (AvgIpc) is 3.12. The van der Waals surface area contributed by atoms with Crippen LogP contribution in [0, 0.1) is 11.8 Å². The van der Waals surface area contributed by atoms with Crippen LogP contribution in [0.2, 0.25) is 0 Å². The number of rotatable bonds is 6. The standard InChI is InChI=1S/C18H34N2O/c1-2-19-18(14-21)11-4-8-16(18)10-13-20-12-5-7-15-6-3-9-17(15)20/h15-17,19,21H,2-14H2,1H3. The molecule has 0 aromatic rings. The van der Waals surface area contributed by atoms with Crippen molar-refractivity contribution < 1.29 is 5.11 Å². The minimum absolute atomic E-state index is 0.0274. The van der Waals surface area contributed by atoms with E-state index in [2.05, 4.69) is 17.1 Å². The predicted octanol–water partition coefficient (Wildman–Crippen LogP) is 2.78. The largest absolute Gasteiger partial charge is 0.394 e. The Labute approximate surface area is 130 Å². The summed E-state index contributed by atoms with van der Waals surface area (Å²) in [6.07, 6.45) is 12.3. The Kier molecular flexibility index (Phi) is 5.23. The Balaban J connectivity index is 1.56.